The highest BCUT2D eigenvalue weighted by Gasteiger charge is 2.38. The lowest BCUT2D eigenvalue weighted by Gasteiger charge is -2.36. The van der Waals surface area contributed by atoms with E-state index in [2.05, 4.69) is 156 Å². The molecule has 4 aromatic rings. The highest BCUT2D eigenvalue weighted by molar-refractivity contribution is 6.92. The molecule has 0 spiro atoms. The molecular formula is C48H70O5Si2. The Morgan fingerprint density at radius 1 is 0.345 bits per heavy atom. The molecule has 0 heterocycles. The molecule has 5 nitrogen and oxygen atoms in total. The van der Waals surface area contributed by atoms with Crippen LogP contribution < -0.4 is 39.7 Å². The van der Waals surface area contributed by atoms with Crippen molar-refractivity contribution >= 4 is 38.8 Å². The van der Waals surface area contributed by atoms with Crippen molar-refractivity contribution in [1.29, 1.82) is 0 Å². The molecule has 0 saturated carbocycles. The maximum atomic E-state index is 8.33. The smallest absolute Gasteiger partial charge is 0.229 e. The second-order valence-electron chi connectivity index (χ2n) is 18.6. The van der Waals surface area contributed by atoms with E-state index in [1.807, 2.05) is 27.7 Å². The normalized spacial score (nSPS) is 12.7. The zero-order chi connectivity index (χ0) is 40.9. The molecule has 0 aliphatic heterocycles. The van der Waals surface area contributed by atoms with Crippen LogP contribution in [-0.4, -0.2) is 44.5 Å². The summed E-state index contributed by atoms with van der Waals surface area (Å²) in [6, 6.07) is 26.7. The van der Waals surface area contributed by atoms with E-state index < -0.39 is 18.1 Å². The predicted molar refractivity (Wildman–Crippen MR) is 239 cm³/mol. The molecule has 0 unspecified atom stereocenters. The second kappa shape index (κ2) is 17.7. The van der Waals surface area contributed by atoms with E-state index in [4.69, 9.17) is 23.1 Å². The molecule has 4 aromatic carbocycles. The molecule has 0 N–H and O–H groups in total. The fraction of sp³-hybridized carbons (Fsp3) is 0.500. The van der Waals surface area contributed by atoms with Crippen molar-refractivity contribution in [2.75, 3.05) is 26.4 Å². The Balaban J connectivity index is 2.27. The monoisotopic (exact) mass is 782 g/mol. The number of rotatable bonds is 14. The molecule has 55 heavy (non-hydrogen) atoms. The molecule has 0 bridgehead atoms. The van der Waals surface area contributed by atoms with Crippen molar-refractivity contribution in [3.8, 4) is 23.0 Å². The molecule has 0 aliphatic carbocycles. The maximum absolute atomic E-state index is 8.33. The number of ether oxygens (including phenoxy) is 4. The third-order valence-electron chi connectivity index (χ3n) is 9.97. The number of benzene rings is 4. The standard InChI is InChI=1S/C48H70O5Si2/c1-17-49-33-21-25-37(45(5,6)7)41(29-33)54(42-30-34(50-18-2)22-26-38(42)46(8,9)10)53-55(43-31-35(51-19-3)23-27-39(43)47(11,12)13)44-32-36(52-20-4)24-28-40(44)48(14,15)16/h21-32,54-55H,17-20H2,1-16H3. The fourth-order valence-corrected chi connectivity index (χ4v) is 16.2. The molecule has 0 radical (unpaired) electrons. The first-order valence-electron chi connectivity index (χ1n) is 20.4. The Bertz CT molecular complexity index is 1620. The number of hydrogen-bond donors (Lipinski definition) is 0. The van der Waals surface area contributed by atoms with Gasteiger partial charge in [-0.05, 0) is 141 Å². The van der Waals surface area contributed by atoms with E-state index >= 15 is 0 Å². The summed E-state index contributed by atoms with van der Waals surface area (Å²) < 4.78 is 33.4. The van der Waals surface area contributed by atoms with Crippen LogP contribution >= 0.6 is 0 Å². The lowest BCUT2D eigenvalue weighted by atomic mass is 9.86. The molecule has 4 rings (SSSR count). The minimum Gasteiger partial charge on any atom is -0.494 e. The Labute approximate surface area is 337 Å². The van der Waals surface area contributed by atoms with Gasteiger partial charge in [0.25, 0.3) is 0 Å². The van der Waals surface area contributed by atoms with Crippen molar-refractivity contribution in [3.63, 3.8) is 0 Å². The summed E-state index contributed by atoms with van der Waals surface area (Å²) in [5, 5.41) is 4.97. The predicted octanol–water partition coefficient (Wildman–Crippen LogP) is 8.86. The van der Waals surface area contributed by atoms with Crippen LogP contribution in [-0.2, 0) is 25.8 Å². The zero-order valence-electron chi connectivity index (χ0n) is 37.0. The Kier molecular flexibility index (Phi) is 14.2. The number of hydrogen-bond acceptors (Lipinski definition) is 5. The molecule has 0 saturated heterocycles. The minimum atomic E-state index is -2.63. The summed E-state index contributed by atoms with van der Waals surface area (Å²) in [6.45, 7) is 38.2. The van der Waals surface area contributed by atoms with Gasteiger partial charge in [-0.3, -0.25) is 0 Å². The van der Waals surface area contributed by atoms with Gasteiger partial charge in [0.1, 0.15) is 23.0 Å². The van der Waals surface area contributed by atoms with E-state index in [1.54, 1.807) is 0 Å². The first-order valence-corrected chi connectivity index (χ1v) is 23.6. The van der Waals surface area contributed by atoms with E-state index in [-0.39, 0.29) is 21.7 Å². The average Bonchev–Trinajstić information content (AvgIpc) is 3.07. The van der Waals surface area contributed by atoms with Crippen molar-refractivity contribution in [3.05, 3.63) is 95.1 Å². The van der Waals surface area contributed by atoms with Crippen molar-refractivity contribution in [2.24, 2.45) is 0 Å². The second-order valence-corrected chi connectivity index (χ2v) is 23.7. The Morgan fingerprint density at radius 2 is 0.545 bits per heavy atom. The molecular weight excluding hydrogens is 713 g/mol. The minimum absolute atomic E-state index is 0.151. The van der Waals surface area contributed by atoms with Crippen LogP contribution in [0.5, 0.6) is 23.0 Å². The van der Waals surface area contributed by atoms with E-state index in [0.29, 0.717) is 26.4 Å². The van der Waals surface area contributed by atoms with Crippen LogP contribution in [0.25, 0.3) is 0 Å². The molecule has 300 valence electrons. The summed E-state index contributed by atoms with van der Waals surface area (Å²) in [4.78, 5) is 0. The van der Waals surface area contributed by atoms with Gasteiger partial charge in [0, 0.05) is 0 Å². The van der Waals surface area contributed by atoms with Gasteiger partial charge in [-0.1, -0.05) is 107 Å². The molecule has 0 atom stereocenters. The van der Waals surface area contributed by atoms with Crippen molar-refractivity contribution in [2.45, 2.75) is 132 Å². The quantitative estimate of drug-likeness (QED) is 0.120. The van der Waals surface area contributed by atoms with Gasteiger partial charge in [-0.2, -0.15) is 0 Å². The van der Waals surface area contributed by atoms with E-state index in [0.717, 1.165) is 23.0 Å². The van der Waals surface area contributed by atoms with Gasteiger partial charge in [0.05, 0.1) is 26.4 Å². The summed E-state index contributed by atoms with van der Waals surface area (Å²) >= 11 is 0. The van der Waals surface area contributed by atoms with Crippen LogP contribution in [0, 0.1) is 0 Å². The van der Waals surface area contributed by atoms with Gasteiger partial charge in [0.2, 0.25) is 18.1 Å². The SMILES string of the molecule is CCOc1ccc(C(C)(C)C)c([SiH](O[SiH](c2cc(OCC)ccc2C(C)(C)C)c2cc(OCC)ccc2C(C)(C)C)c2cc(OCC)ccc2C(C)(C)C)c1. The van der Waals surface area contributed by atoms with E-state index in [9.17, 15) is 0 Å². The summed E-state index contributed by atoms with van der Waals surface area (Å²) in [6.07, 6.45) is 0. The summed E-state index contributed by atoms with van der Waals surface area (Å²) in [5.41, 5.74) is 4.51. The zero-order valence-corrected chi connectivity index (χ0v) is 39.3. The van der Waals surface area contributed by atoms with Crippen LogP contribution in [0.2, 0.25) is 0 Å². The molecule has 0 aromatic heterocycles. The van der Waals surface area contributed by atoms with Gasteiger partial charge in [-0.25, -0.2) is 0 Å². The molecule has 0 aliphatic rings. The van der Waals surface area contributed by atoms with Gasteiger partial charge in [0.15, 0.2) is 0 Å². The largest absolute Gasteiger partial charge is 0.494 e. The van der Waals surface area contributed by atoms with Crippen LogP contribution in [0.3, 0.4) is 0 Å². The van der Waals surface area contributed by atoms with Gasteiger partial charge >= 0.3 is 0 Å². The lowest BCUT2D eigenvalue weighted by molar-refractivity contribution is 0.340. The average molecular weight is 783 g/mol. The van der Waals surface area contributed by atoms with Gasteiger partial charge in [-0.15, -0.1) is 0 Å². The highest BCUT2D eigenvalue weighted by atomic mass is 28.4. The summed E-state index contributed by atoms with van der Waals surface area (Å²) in [7, 11) is -5.25. The topological polar surface area (TPSA) is 46.2 Å². The highest BCUT2D eigenvalue weighted by Crippen LogP contribution is 2.31. The Morgan fingerprint density at radius 3 is 0.709 bits per heavy atom. The molecule has 7 heteroatoms. The lowest BCUT2D eigenvalue weighted by Crippen LogP contribution is -2.60. The van der Waals surface area contributed by atoms with Crippen molar-refractivity contribution in [1.82, 2.24) is 0 Å². The van der Waals surface area contributed by atoms with E-state index in [1.165, 1.54) is 43.0 Å². The third-order valence-corrected chi connectivity index (χ3v) is 16.3. The summed E-state index contributed by atoms with van der Waals surface area (Å²) in [5.74, 6) is 3.46. The first kappa shape index (κ1) is 44.2. The van der Waals surface area contributed by atoms with Crippen LogP contribution in [0.4, 0.5) is 0 Å². The van der Waals surface area contributed by atoms with Crippen LogP contribution in [0.1, 0.15) is 133 Å². The fourth-order valence-electron chi connectivity index (χ4n) is 7.55. The van der Waals surface area contributed by atoms with Crippen molar-refractivity contribution < 1.29 is 23.1 Å². The Hall–Kier alpha value is -3.53. The first-order chi connectivity index (χ1) is 25.6. The maximum Gasteiger partial charge on any atom is 0.229 e. The molecule has 0 fully saturated rings. The van der Waals surface area contributed by atoms with Gasteiger partial charge < -0.3 is 23.1 Å². The van der Waals surface area contributed by atoms with Crippen LogP contribution in [0.15, 0.2) is 72.8 Å². The third kappa shape index (κ3) is 10.9. The molecule has 0 amide bonds.